The summed E-state index contributed by atoms with van der Waals surface area (Å²) < 4.78 is 2.30. The molecule has 4 rings (SSSR count). The SMILES string of the molecule is Cc1cc(C(C)C)cc(-c2c3ccc([Si]4(C)CCC4)cc3cc[n+]2C)c1C. The first-order chi connectivity index (χ1) is 12.8. The lowest BCUT2D eigenvalue weighted by molar-refractivity contribution is -0.659. The Morgan fingerprint density at radius 1 is 1.00 bits per heavy atom. The average molecular weight is 375 g/mol. The van der Waals surface area contributed by atoms with Crippen LogP contribution in [0.2, 0.25) is 18.6 Å². The predicted octanol–water partition coefficient (Wildman–Crippen LogP) is 5.76. The highest BCUT2D eigenvalue weighted by Crippen LogP contribution is 2.35. The second-order valence-corrected chi connectivity index (χ2v) is 13.9. The molecule has 27 heavy (non-hydrogen) atoms. The van der Waals surface area contributed by atoms with Crippen LogP contribution in [0.4, 0.5) is 0 Å². The highest BCUT2D eigenvalue weighted by atomic mass is 28.3. The van der Waals surface area contributed by atoms with Gasteiger partial charge in [0.05, 0.1) is 19.0 Å². The van der Waals surface area contributed by atoms with E-state index in [1.165, 1.54) is 57.2 Å². The number of rotatable bonds is 3. The Morgan fingerprint density at radius 3 is 2.37 bits per heavy atom. The van der Waals surface area contributed by atoms with Crippen molar-refractivity contribution in [1.29, 1.82) is 0 Å². The molecule has 3 aromatic rings. The molecular weight excluding hydrogens is 342 g/mol. The van der Waals surface area contributed by atoms with Crippen LogP contribution in [0.3, 0.4) is 0 Å². The smallest absolute Gasteiger partial charge is 0.200 e. The zero-order chi connectivity index (χ0) is 19.3. The summed E-state index contributed by atoms with van der Waals surface area (Å²) in [7, 11) is 1.03. The molecule has 0 amide bonds. The van der Waals surface area contributed by atoms with Crippen LogP contribution in [0.1, 0.15) is 42.9 Å². The van der Waals surface area contributed by atoms with Crippen LogP contribution < -0.4 is 9.75 Å². The highest BCUT2D eigenvalue weighted by molar-refractivity contribution is 6.93. The lowest BCUT2D eigenvalue weighted by Gasteiger charge is -2.36. The fourth-order valence-corrected chi connectivity index (χ4v) is 7.53. The third-order valence-electron chi connectivity index (χ3n) is 6.90. The number of aryl methyl sites for hydroxylation is 2. The number of benzene rings is 2. The van der Waals surface area contributed by atoms with Gasteiger partial charge in [-0.2, -0.15) is 0 Å². The molecule has 0 radical (unpaired) electrons. The summed E-state index contributed by atoms with van der Waals surface area (Å²) in [5.41, 5.74) is 6.94. The van der Waals surface area contributed by atoms with Gasteiger partial charge in [-0.1, -0.05) is 62.3 Å². The Bertz CT molecular complexity index is 1030. The van der Waals surface area contributed by atoms with E-state index in [9.17, 15) is 0 Å². The molecule has 1 aliphatic rings. The predicted molar refractivity (Wildman–Crippen MR) is 120 cm³/mol. The van der Waals surface area contributed by atoms with Gasteiger partial charge in [0.15, 0.2) is 6.20 Å². The molecule has 0 saturated carbocycles. The Balaban J connectivity index is 1.95. The molecule has 140 valence electrons. The first-order valence-corrected chi connectivity index (χ1v) is 13.3. The number of pyridine rings is 1. The third-order valence-corrected chi connectivity index (χ3v) is 11.5. The van der Waals surface area contributed by atoms with Gasteiger partial charge in [-0.3, -0.25) is 0 Å². The molecule has 1 aliphatic heterocycles. The Kier molecular flexibility index (Phi) is 4.50. The van der Waals surface area contributed by atoms with Crippen molar-refractivity contribution in [3.05, 3.63) is 59.3 Å². The van der Waals surface area contributed by atoms with E-state index in [2.05, 4.69) is 88.5 Å². The summed E-state index contributed by atoms with van der Waals surface area (Å²) >= 11 is 0. The molecule has 2 heterocycles. The molecular formula is C25H32NSi+. The molecule has 1 fully saturated rings. The van der Waals surface area contributed by atoms with Gasteiger partial charge in [-0.15, -0.1) is 0 Å². The molecule has 0 unspecified atom stereocenters. The highest BCUT2D eigenvalue weighted by Gasteiger charge is 2.36. The number of aromatic nitrogens is 1. The quantitative estimate of drug-likeness (QED) is 0.405. The minimum atomic E-state index is -1.15. The molecule has 0 atom stereocenters. The van der Waals surface area contributed by atoms with Crippen LogP contribution in [0, 0.1) is 13.8 Å². The fraction of sp³-hybridized carbons (Fsp3) is 0.400. The van der Waals surface area contributed by atoms with Gasteiger partial charge in [0.25, 0.3) is 0 Å². The number of fused-ring (bicyclic) bond motifs is 1. The van der Waals surface area contributed by atoms with Gasteiger partial charge in [0, 0.05) is 6.07 Å². The maximum absolute atomic E-state index is 2.56. The summed E-state index contributed by atoms with van der Waals surface area (Å²) in [5, 5.41) is 4.42. The average Bonchev–Trinajstić information content (AvgIpc) is 2.61. The van der Waals surface area contributed by atoms with Gasteiger partial charge in [-0.25, -0.2) is 4.57 Å². The minimum absolute atomic E-state index is 0.541. The van der Waals surface area contributed by atoms with Crippen molar-refractivity contribution >= 4 is 24.0 Å². The van der Waals surface area contributed by atoms with Gasteiger partial charge in [-0.05, 0) is 54.0 Å². The Labute approximate surface area is 165 Å². The maximum Gasteiger partial charge on any atom is 0.220 e. The van der Waals surface area contributed by atoms with E-state index in [0.29, 0.717) is 5.92 Å². The number of hydrogen-bond acceptors (Lipinski definition) is 0. The van der Waals surface area contributed by atoms with Gasteiger partial charge in [0.2, 0.25) is 5.69 Å². The standard InChI is InChI=1S/C25H32NSi/c1-17(2)21-14-18(3)19(4)24(16-21)25-23-9-8-22(27(6)12-7-13-27)15-20(23)10-11-26(25)5/h8-11,14-17H,7,12-13H2,1-6H3/q+1. The molecule has 1 saturated heterocycles. The molecule has 0 bridgehead atoms. The first kappa shape index (κ1) is 18.4. The van der Waals surface area contributed by atoms with Crippen LogP contribution in [0.15, 0.2) is 42.6 Å². The second kappa shape index (κ2) is 6.59. The van der Waals surface area contributed by atoms with Gasteiger partial charge in [0.1, 0.15) is 7.05 Å². The summed E-state index contributed by atoms with van der Waals surface area (Å²) in [5.74, 6) is 0.541. The summed E-state index contributed by atoms with van der Waals surface area (Å²) in [4.78, 5) is 0. The first-order valence-electron chi connectivity index (χ1n) is 10.3. The number of nitrogens with zero attached hydrogens (tertiary/aromatic N) is 1. The van der Waals surface area contributed by atoms with E-state index in [4.69, 9.17) is 0 Å². The molecule has 1 aromatic heterocycles. The van der Waals surface area contributed by atoms with Crippen molar-refractivity contribution in [3.8, 4) is 11.3 Å². The molecule has 0 N–H and O–H groups in total. The molecule has 2 heteroatoms. The van der Waals surface area contributed by atoms with Gasteiger partial charge < -0.3 is 0 Å². The summed E-state index contributed by atoms with van der Waals surface area (Å²) in [6.45, 7) is 11.6. The van der Waals surface area contributed by atoms with Crippen molar-refractivity contribution in [2.75, 3.05) is 0 Å². The molecule has 0 spiro atoms. The zero-order valence-electron chi connectivity index (χ0n) is 17.7. The van der Waals surface area contributed by atoms with E-state index in [1.807, 2.05) is 0 Å². The van der Waals surface area contributed by atoms with Crippen molar-refractivity contribution in [2.45, 2.75) is 58.7 Å². The topological polar surface area (TPSA) is 3.88 Å². The molecule has 2 aromatic carbocycles. The van der Waals surface area contributed by atoms with Crippen LogP contribution >= 0.6 is 0 Å². The van der Waals surface area contributed by atoms with Crippen molar-refractivity contribution in [1.82, 2.24) is 0 Å². The second-order valence-electron chi connectivity index (χ2n) is 9.16. The van der Waals surface area contributed by atoms with Crippen LogP contribution in [-0.4, -0.2) is 8.07 Å². The minimum Gasteiger partial charge on any atom is -0.200 e. The maximum atomic E-state index is 2.56. The lowest BCUT2D eigenvalue weighted by Crippen LogP contribution is -2.50. The zero-order valence-corrected chi connectivity index (χ0v) is 18.7. The molecule has 0 aliphatic carbocycles. The van der Waals surface area contributed by atoms with E-state index in [0.717, 1.165) is 0 Å². The van der Waals surface area contributed by atoms with Crippen LogP contribution in [0.25, 0.3) is 22.0 Å². The van der Waals surface area contributed by atoms with Crippen molar-refractivity contribution in [3.63, 3.8) is 0 Å². The van der Waals surface area contributed by atoms with E-state index >= 15 is 0 Å². The van der Waals surface area contributed by atoms with Crippen LogP contribution in [-0.2, 0) is 7.05 Å². The normalized spacial score (nSPS) is 16.0. The largest absolute Gasteiger partial charge is 0.220 e. The summed E-state index contributed by atoms with van der Waals surface area (Å²) in [6, 6.07) is 17.3. The van der Waals surface area contributed by atoms with E-state index < -0.39 is 8.07 Å². The van der Waals surface area contributed by atoms with Crippen LogP contribution in [0.5, 0.6) is 0 Å². The lowest BCUT2D eigenvalue weighted by atomic mass is 9.91. The van der Waals surface area contributed by atoms with Crippen molar-refractivity contribution < 1.29 is 4.57 Å². The van der Waals surface area contributed by atoms with Crippen molar-refractivity contribution in [2.24, 2.45) is 7.05 Å². The van der Waals surface area contributed by atoms with E-state index in [1.54, 1.807) is 5.19 Å². The third kappa shape index (κ3) is 3.04. The monoisotopic (exact) mass is 374 g/mol. The number of hydrogen-bond donors (Lipinski definition) is 0. The fourth-order valence-electron chi connectivity index (χ4n) is 4.55. The summed E-state index contributed by atoms with van der Waals surface area (Å²) in [6.07, 6.45) is 3.67. The van der Waals surface area contributed by atoms with E-state index in [-0.39, 0.29) is 0 Å². The Hall–Kier alpha value is -1.93. The Morgan fingerprint density at radius 2 is 1.74 bits per heavy atom. The van der Waals surface area contributed by atoms with Gasteiger partial charge >= 0.3 is 0 Å². The molecule has 1 nitrogen and oxygen atoms in total.